The highest BCUT2D eigenvalue weighted by molar-refractivity contribution is 5.20. The van der Waals surface area contributed by atoms with Gasteiger partial charge in [0.15, 0.2) is 0 Å². The van der Waals surface area contributed by atoms with Gasteiger partial charge < -0.3 is 10.3 Å². The van der Waals surface area contributed by atoms with E-state index in [0.717, 1.165) is 5.56 Å². The van der Waals surface area contributed by atoms with E-state index in [1.807, 2.05) is 0 Å². The van der Waals surface area contributed by atoms with E-state index >= 15 is 0 Å². The summed E-state index contributed by atoms with van der Waals surface area (Å²) in [4.78, 5) is 18.4. The Morgan fingerprint density at radius 2 is 2.22 bits per heavy atom. The Balaban J connectivity index is 2.26. The molecular weight excluding hydrogens is 233 g/mol. The summed E-state index contributed by atoms with van der Waals surface area (Å²) in [6.45, 7) is 0.528. The minimum atomic E-state index is -0.291. The Morgan fingerprint density at radius 1 is 1.39 bits per heavy atom. The van der Waals surface area contributed by atoms with Crippen molar-refractivity contribution in [3.05, 3.63) is 63.6 Å². The molecule has 18 heavy (non-hydrogen) atoms. The van der Waals surface area contributed by atoms with Gasteiger partial charge in [-0.3, -0.25) is 4.79 Å². The Hall–Kier alpha value is -2.01. The molecule has 1 heterocycles. The fourth-order valence-corrected chi connectivity index (χ4v) is 1.76. The molecule has 1 aromatic carbocycles. The van der Waals surface area contributed by atoms with Crippen molar-refractivity contribution in [3.8, 4) is 0 Å². The number of hydrogen-bond donors (Lipinski definition) is 2. The molecule has 2 aromatic rings. The van der Waals surface area contributed by atoms with E-state index in [-0.39, 0.29) is 11.4 Å². The van der Waals surface area contributed by atoms with Crippen LogP contribution in [-0.2, 0) is 13.0 Å². The number of H-pyrrole nitrogens is 1. The van der Waals surface area contributed by atoms with E-state index < -0.39 is 0 Å². The highest BCUT2D eigenvalue weighted by atomic mass is 19.1. The molecule has 0 atom stereocenters. The van der Waals surface area contributed by atoms with Gasteiger partial charge in [-0.1, -0.05) is 12.1 Å². The van der Waals surface area contributed by atoms with Gasteiger partial charge >= 0.3 is 0 Å². The van der Waals surface area contributed by atoms with E-state index in [1.165, 1.54) is 18.2 Å². The number of nitrogens with one attached hydrogen (secondary N) is 2. The van der Waals surface area contributed by atoms with Crippen LogP contribution in [-0.4, -0.2) is 17.0 Å². The molecule has 0 radical (unpaired) electrons. The number of nitrogens with zero attached hydrogens (tertiary/aromatic N) is 1. The SMILES string of the molecule is CNCc1cc(=O)[nH]c(Cc2cccc(F)c2)n1. The largest absolute Gasteiger partial charge is 0.314 e. The standard InChI is InChI=1S/C13H14FN3O/c1-15-8-11-7-13(18)17-12(16-11)6-9-3-2-4-10(14)5-9/h2-5,7,15H,6,8H2,1H3,(H,16,17,18). The molecule has 0 bridgehead atoms. The van der Waals surface area contributed by atoms with Crippen LogP contribution in [0.2, 0.25) is 0 Å². The first-order valence-corrected chi connectivity index (χ1v) is 5.65. The van der Waals surface area contributed by atoms with Crippen LogP contribution in [0.3, 0.4) is 0 Å². The Morgan fingerprint density at radius 3 is 2.94 bits per heavy atom. The summed E-state index contributed by atoms with van der Waals surface area (Å²) in [5, 5.41) is 2.94. The average molecular weight is 247 g/mol. The van der Waals surface area contributed by atoms with Crippen molar-refractivity contribution < 1.29 is 4.39 Å². The molecule has 0 spiro atoms. The maximum Gasteiger partial charge on any atom is 0.251 e. The van der Waals surface area contributed by atoms with Crippen molar-refractivity contribution >= 4 is 0 Å². The van der Waals surface area contributed by atoms with Gasteiger partial charge in [0.1, 0.15) is 11.6 Å². The summed E-state index contributed by atoms with van der Waals surface area (Å²) in [6.07, 6.45) is 0.407. The van der Waals surface area contributed by atoms with E-state index in [9.17, 15) is 9.18 Å². The van der Waals surface area contributed by atoms with Crippen molar-refractivity contribution in [1.29, 1.82) is 0 Å². The van der Waals surface area contributed by atoms with Gasteiger partial charge in [0, 0.05) is 19.0 Å². The molecule has 2 N–H and O–H groups in total. The highest BCUT2D eigenvalue weighted by Crippen LogP contribution is 2.07. The topological polar surface area (TPSA) is 57.8 Å². The van der Waals surface area contributed by atoms with E-state index in [4.69, 9.17) is 0 Å². The number of halogens is 1. The summed E-state index contributed by atoms with van der Waals surface area (Å²) < 4.78 is 13.0. The van der Waals surface area contributed by atoms with Crippen LogP contribution in [0, 0.1) is 5.82 Å². The summed E-state index contributed by atoms with van der Waals surface area (Å²) in [5.74, 6) is 0.250. The molecular formula is C13H14FN3O. The third kappa shape index (κ3) is 3.24. The predicted molar refractivity (Wildman–Crippen MR) is 66.8 cm³/mol. The van der Waals surface area contributed by atoms with E-state index in [2.05, 4.69) is 15.3 Å². The molecule has 1 aromatic heterocycles. The minimum absolute atomic E-state index is 0.193. The minimum Gasteiger partial charge on any atom is -0.314 e. The molecule has 0 aliphatic carbocycles. The first kappa shape index (κ1) is 12.4. The third-order valence-electron chi connectivity index (χ3n) is 2.46. The summed E-state index contributed by atoms with van der Waals surface area (Å²) in [5.41, 5.74) is 1.26. The van der Waals surface area contributed by atoms with Crippen molar-refractivity contribution in [1.82, 2.24) is 15.3 Å². The average Bonchev–Trinajstić information content (AvgIpc) is 2.28. The van der Waals surface area contributed by atoms with Crippen LogP contribution in [0.15, 0.2) is 35.1 Å². The van der Waals surface area contributed by atoms with Crippen LogP contribution in [0.4, 0.5) is 4.39 Å². The van der Waals surface area contributed by atoms with Gasteiger partial charge in [-0.2, -0.15) is 0 Å². The molecule has 94 valence electrons. The molecule has 0 aliphatic rings. The fourth-order valence-electron chi connectivity index (χ4n) is 1.76. The normalized spacial score (nSPS) is 10.6. The first-order chi connectivity index (χ1) is 8.67. The van der Waals surface area contributed by atoms with Gasteiger partial charge in [0.25, 0.3) is 5.56 Å². The van der Waals surface area contributed by atoms with Gasteiger partial charge in [-0.25, -0.2) is 9.37 Å². The molecule has 0 fully saturated rings. The van der Waals surface area contributed by atoms with Crippen molar-refractivity contribution in [2.24, 2.45) is 0 Å². The maximum absolute atomic E-state index is 13.0. The number of aromatic nitrogens is 2. The van der Waals surface area contributed by atoms with Crippen molar-refractivity contribution in [2.45, 2.75) is 13.0 Å². The zero-order valence-corrected chi connectivity index (χ0v) is 10.0. The predicted octanol–water partition coefficient (Wildman–Crippen LogP) is 1.22. The Bertz CT molecular complexity index is 595. The second kappa shape index (κ2) is 5.55. The monoisotopic (exact) mass is 247 g/mol. The lowest BCUT2D eigenvalue weighted by atomic mass is 10.1. The maximum atomic E-state index is 13.0. The lowest BCUT2D eigenvalue weighted by Gasteiger charge is -2.04. The summed E-state index contributed by atoms with van der Waals surface area (Å²) in [7, 11) is 1.79. The fraction of sp³-hybridized carbons (Fsp3) is 0.231. The van der Waals surface area contributed by atoms with Gasteiger partial charge in [0.05, 0.1) is 5.69 Å². The van der Waals surface area contributed by atoms with Crippen LogP contribution in [0.1, 0.15) is 17.1 Å². The van der Waals surface area contributed by atoms with Crippen molar-refractivity contribution in [2.75, 3.05) is 7.05 Å². The van der Waals surface area contributed by atoms with Gasteiger partial charge in [-0.15, -0.1) is 0 Å². The molecule has 0 saturated carbocycles. The third-order valence-corrected chi connectivity index (χ3v) is 2.46. The molecule has 4 nitrogen and oxygen atoms in total. The lowest BCUT2D eigenvalue weighted by molar-refractivity contribution is 0.625. The molecule has 0 amide bonds. The van der Waals surface area contributed by atoms with Crippen LogP contribution in [0.5, 0.6) is 0 Å². The summed E-state index contributed by atoms with van der Waals surface area (Å²) in [6, 6.07) is 7.71. The van der Waals surface area contributed by atoms with Crippen molar-refractivity contribution in [3.63, 3.8) is 0 Å². The van der Waals surface area contributed by atoms with Crippen LogP contribution < -0.4 is 10.9 Å². The summed E-state index contributed by atoms with van der Waals surface area (Å²) >= 11 is 0. The van der Waals surface area contributed by atoms with Gasteiger partial charge in [-0.05, 0) is 24.7 Å². The van der Waals surface area contributed by atoms with E-state index in [1.54, 1.807) is 19.2 Å². The zero-order chi connectivity index (χ0) is 13.0. The molecule has 5 heteroatoms. The zero-order valence-electron chi connectivity index (χ0n) is 10.0. The number of hydrogen-bond acceptors (Lipinski definition) is 3. The highest BCUT2D eigenvalue weighted by Gasteiger charge is 2.03. The molecule has 0 saturated heterocycles. The number of aromatic amines is 1. The van der Waals surface area contributed by atoms with Gasteiger partial charge in [0.2, 0.25) is 0 Å². The second-order valence-corrected chi connectivity index (χ2v) is 4.02. The van der Waals surface area contributed by atoms with Crippen LogP contribution >= 0.6 is 0 Å². The second-order valence-electron chi connectivity index (χ2n) is 4.02. The smallest absolute Gasteiger partial charge is 0.251 e. The molecule has 2 rings (SSSR count). The van der Waals surface area contributed by atoms with Crippen LogP contribution in [0.25, 0.3) is 0 Å². The first-order valence-electron chi connectivity index (χ1n) is 5.65. The Labute approximate surface area is 104 Å². The number of benzene rings is 1. The number of rotatable bonds is 4. The Kier molecular flexibility index (Phi) is 3.84. The molecule has 0 unspecified atom stereocenters. The lowest BCUT2D eigenvalue weighted by Crippen LogP contribution is -2.16. The van der Waals surface area contributed by atoms with E-state index in [0.29, 0.717) is 24.5 Å². The quantitative estimate of drug-likeness (QED) is 0.854. The molecule has 0 aliphatic heterocycles.